The molecule has 0 saturated heterocycles. The molecule has 32 heavy (non-hydrogen) atoms. The zero-order chi connectivity index (χ0) is 22.3. The SMILES string of the molecule is O=C(N[C@H]1CCCC[C@@H]1NC(=O)c1ccccc1Cl)c1csc(COc2ccccc2)n1. The Labute approximate surface area is 196 Å². The van der Waals surface area contributed by atoms with Crippen LogP contribution in [0.1, 0.15) is 51.5 Å². The highest BCUT2D eigenvalue weighted by Gasteiger charge is 2.29. The van der Waals surface area contributed by atoms with Crippen LogP contribution in [0.3, 0.4) is 0 Å². The van der Waals surface area contributed by atoms with Crippen LogP contribution in [0.5, 0.6) is 5.75 Å². The van der Waals surface area contributed by atoms with Gasteiger partial charge in [0.25, 0.3) is 11.8 Å². The molecule has 1 aliphatic carbocycles. The van der Waals surface area contributed by atoms with Crippen molar-refractivity contribution in [3.63, 3.8) is 0 Å². The van der Waals surface area contributed by atoms with Crippen molar-refractivity contribution in [3.8, 4) is 5.75 Å². The van der Waals surface area contributed by atoms with Gasteiger partial charge < -0.3 is 15.4 Å². The molecule has 1 aromatic heterocycles. The zero-order valence-corrected chi connectivity index (χ0v) is 19.0. The molecule has 1 fully saturated rings. The molecule has 2 N–H and O–H groups in total. The van der Waals surface area contributed by atoms with Gasteiger partial charge in [0, 0.05) is 17.5 Å². The van der Waals surface area contributed by atoms with E-state index in [1.807, 2.05) is 30.3 Å². The molecule has 0 aliphatic heterocycles. The number of halogens is 1. The summed E-state index contributed by atoms with van der Waals surface area (Å²) in [6.07, 6.45) is 3.59. The number of hydrogen-bond donors (Lipinski definition) is 2. The molecule has 0 bridgehead atoms. The molecule has 8 heteroatoms. The second-order valence-electron chi connectivity index (χ2n) is 7.65. The van der Waals surface area contributed by atoms with E-state index in [1.165, 1.54) is 11.3 Å². The smallest absolute Gasteiger partial charge is 0.271 e. The van der Waals surface area contributed by atoms with Crippen LogP contribution >= 0.6 is 22.9 Å². The highest BCUT2D eigenvalue weighted by Crippen LogP contribution is 2.22. The van der Waals surface area contributed by atoms with Gasteiger partial charge in [-0.3, -0.25) is 9.59 Å². The van der Waals surface area contributed by atoms with Gasteiger partial charge in [0.2, 0.25) is 0 Å². The standard InChI is InChI=1S/C24H24ClN3O3S/c25-18-11-5-4-10-17(18)23(29)27-19-12-6-7-13-20(19)28-24(30)21-15-32-22(26-21)14-31-16-8-2-1-3-9-16/h1-5,8-11,15,19-20H,6-7,12-14H2,(H,27,29)(H,28,30)/t19-,20-/m0/s1. The zero-order valence-electron chi connectivity index (χ0n) is 17.4. The van der Waals surface area contributed by atoms with Crippen LogP contribution in [0.4, 0.5) is 0 Å². The van der Waals surface area contributed by atoms with E-state index in [0.717, 1.165) is 36.4 Å². The van der Waals surface area contributed by atoms with Crippen molar-refractivity contribution in [3.05, 3.63) is 81.3 Å². The topological polar surface area (TPSA) is 80.3 Å². The number of hydrogen-bond acceptors (Lipinski definition) is 5. The fourth-order valence-electron chi connectivity index (χ4n) is 3.75. The number of benzene rings is 2. The summed E-state index contributed by atoms with van der Waals surface area (Å²) in [5, 5.41) is 8.99. The molecular formula is C24H24ClN3O3S. The van der Waals surface area contributed by atoms with Crippen LogP contribution in [0.25, 0.3) is 0 Å². The summed E-state index contributed by atoms with van der Waals surface area (Å²) in [5.41, 5.74) is 0.802. The fourth-order valence-corrected chi connectivity index (χ4v) is 4.66. The lowest BCUT2D eigenvalue weighted by Gasteiger charge is -2.32. The van der Waals surface area contributed by atoms with Crippen molar-refractivity contribution in [2.75, 3.05) is 0 Å². The predicted octanol–water partition coefficient (Wildman–Crippen LogP) is 4.85. The molecule has 1 heterocycles. The molecular weight excluding hydrogens is 446 g/mol. The second-order valence-corrected chi connectivity index (χ2v) is 9.00. The number of nitrogens with zero attached hydrogens (tertiary/aromatic N) is 1. The van der Waals surface area contributed by atoms with E-state index in [1.54, 1.807) is 29.6 Å². The minimum Gasteiger partial charge on any atom is -0.486 e. The maximum Gasteiger partial charge on any atom is 0.271 e. The number of nitrogens with one attached hydrogen (secondary N) is 2. The number of carbonyl (C=O) groups excluding carboxylic acids is 2. The number of ether oxygens (including phenoxy) is 1. The Morgan fingerprint density at radius 2 is 1.62 bits per heavy atom. The van der Waals surface area contributed by atoms with Crippen LogP contribution < -0.4 is 15.4 Å². The fraction of sp³-hybridized carbons (Fsp3) is 0.292. The molecule has 2 atom stereocenters. The van der Waals surface area contributed by atoms with E-state index in [-0.39, 0.29) is 23.9 Å². The normalized spacial score (nSPS) is 18.0. The van der Waals surface area contributed by atoms with Gasteiger partial charge in [-0.25, -0.2) is 4.98 Å². The Balaban J connectivity index is 1.35. The van der Waals surface area contributed by atoms with Crippen molar-refractivity contribution in [2.45, 2.75) is 44.4 Å². The lowest BCUT2D eigenvalue weighted by molar-refractivity contribution is 0.0860. The van der Waals surface area contributed by atoms with E-state index in [2.05, 4.69) is 15.6 Å². The highest BCUT2D eigenvalue weighted by atomic mass is 35.5. The summed E-state index contributed by atoms with van der Waals surface area (Å²) in [7, 11) is 0. The summed E-state index contributed by atoms with van der Waals surface area (Å²) < 4.78 is 5.71. The first-order chi connectivity index (χ1) is 15.6. The molecule has 166 valence electrons. The second kappa shape index (κ2) is 10.6. The van der Waals surface area contributed by atoms with Gasteiger partial charge in [0.1, 0.15) is 23.1 Å². The van der Waals surface area contributed by atoms with Gasteiger partial charge in [-0.15, -0.1) is 11.3 Å². The van der Waals surface area contributed by atoms with Gasteiger partial charge in [-0.1, -0.05) is 54.8 Å². The van der Waals surface area contributed by atoms with Crippen molar-refractivity contribution < 1.29 is 14.3 Å². The molecule has 0 radical (unpaired) electrons. The minimum atomic E-state index is -0.240. The van der Waals surface area contributed by atoms with Crippen LogP contribution in [-0.2, 0) is 6.61 Å². The van der Waals surface area contributed by atoms with Gasteiger partial charge >= 0.3 is 0 Å². The predicted molar refractivity (Wildman–Crippen MR) is 125 cm³/mol. The average molecular weight is 470 g/mol. The van der Waals surface area contributed by atoms with Crippen LogP contribution in [0, 0.1) is 0 Å². The highest BCUT2D eigenvalue weighted by molar-refractivity contribution is 7.09. The van der Waals surface area contributed by atoms with Crippen molar-refractivity contribution >= 4 is 34.8 Å². The number of rotatable bonds is 7. The molecule has 0 unspecified atom stereocenters. The summed E-state index contributed by atoms with van der Waals surface area (Å²) in [6, 6.07) is 16.1. The number of amides is 2. The van der Waals surface area contributed by atoms with E-state index >= 15 is 0 Å². The molecule has 4 rings (SSSR count). The largest absolute Gasteiger partial charge is 0.486 e. The third kappa shape index (κ3) is 5.66. The lowest BCUT2D eigenvalue weighted by Crippen LogP contribution is -2.53. The first-order valence-corrected chi connectivity index (χ1v) is 11.8. The van der Waals surface area contributed by atoms with Gasteiger partial charge in [-0.05, 0) is 37.1 Å². The summed E-state index contributed by atoms with van der Waals surface area (Å²) in [4.78, 5) is 29.9. The molecule has 2 amide bonds. The number of para-hydroxylation sites is 1. The Kier molecular flexibility index (Phi) is 7.39. The van der Waals surface area contributed by atoms with Gasteiger partial charge in [-0.2, -0.15) is 0 Å². The van der Waals surface area contributed by atoms with E-state index < -0.39 is 0 Å². The number of aromatic nitrogens is 1. The Bertz CT molecular complexity index is 1070. The van der Waals surface area contributed by atoms with Gasteiger partial charge in [0.15, 0.2) is 0 Å². The molecule has 1 saturated carbocycles. The van der Waals surface area contributed by atoms with Crippen LogP contribution in [0.15, 0.2) is 60.0 Å². The molecule has 2 aromatic carbocycles. The monoisotopic (exact) mass is 469 g/mol. The van der Waals surface area contributed by atoms with Crippen molar-refractivity contribution in [1.29, 1.82) is 0 Å². The first kappa shape index (κ1) is 22.3. The average Bonchev–Trinajstić information content (AvgIpc) is 3.29. The minimum absolute atomic E-state index is 0.156. The maximum absolute atomic E-state index is 12.8. The van der Waals surface area contributed by atoms with E-state index in [9.17, 15) is 9.59 Å². The lowest BCUT2D eigenvalue weighted by atomic mass is 9.90. The maximum atomic E-state index is 12.8. The number of thiazole rings is 1. The molecule has 1 aliphatic rings. The third-order valence-electron chi connectivity index (χ3n) is 5.41. The van der Waals surface area contributed by atoms with Crippen LogP contribution in [0.2, 0.25) is 5.02 Å². The Hall–Kier alpha value is -2.90. The quantitative estimate of drug-likeness (QED) is 0.518. The van der Waals surface area contributed by atoms with E-state index in [0.29, 0.717) is 22.9 Å². The van der Waals surface area contributed by atoms with Crippen molar-refractivity contribution in [1.82, 2.24) is 15.6 Å². The van der Waals surface area contributed by atoms with Gasteiger partial charge in [0.05, 0.1) is 10.6 Å². The summed E-state index contributed by atoms with van der Waals surface area (Å²) in [6.45, 7) is 0.307. The van der Waals surface area contributed by atoms with Crippen LogP contribution in [-0.4, -0.2) is 28.9 Å². The summed E-state index contributed by atoms with van der Waals surface area (Å²) in [5.74, 6) is 0.292. The molecule has 3 aromatic rings. The molecule has 0 spiro atoms. The number of carbonyl (C=O) groups is 2. The Morgan fingerprint density at radius 1 is 0.969 bits per heavy atom. The molecule has 6 nitrogen and oxygen atoms in total. The van der Waals surface area contributed by atoms with E-state index in [4.69, 9.17) is 16.3 Å². The first-order valence-electron chi connectivity index (χ1n) is 10.6. The Morgan fingerprint density at radius 3 is 2.34 bits per heavy atom. The summed E-state index contributed by atoms with van der Waals surface area (Å²) >= 11 is 7.54. The third-order valence-corrected chi connectivity index (χ3v) is 6.56. The van der Waals surface area contributed by atoms with Crippen molar-refractivity contribution in [2.24, 2.45) is 0 Å².